The fourth-order valence-electron chi connectivity index (χ4n) is 2.77. The number of benzene rings is 1. The molecule has 1 aliphatic heterocycles. The zero-order valence-electron chi connectivity index (χ0n) is 10.8. The van der Waals surface area contributed by atoms with Crippen LogP contribution in [-0.4, -0.2) is 30.7 Å². The first-order valence-corrected chi connectivity index (χ1v) is 6.70. The SMILES string of the molecule is CCC1CNCCN1c1cncc2ccccc12. The van der Waals surface area contributed by atoms with Crippen molar-refractivity contribution in [1.29, 1.82) is 0 Å². The molecule has 1 aromatic heterocycles. The second-order valence-corrected chi connectivity index (χ2v) is 4.84. The van der Waals surface area contributed by atoms with Gasteiger partial charge in [0.1, 0.15) is 0 Å². The number of anilines is 1. The molecule has 1 atom stereocenters. The molecular weight excluding hydrogens is 222 g/mol. The molecule has 1 unspecified atom stereocenters. The Labute approximate surface area is 108 Å². The van der Waals surface area contributed by atoms with Crippen LogP contribution in [0, 0.1) is 0 Å². The van der Waals surface area contributed by atoms with Gasteiger partial charge >= 0.3 is 0 Å². The fourth-order valence-corrected chi connectivity index (χ4v) is 2.77. The lowest BCUT2D eigenvalue weighted by Gasteiger charge is -2.38. The molecule has 1 aliphatic rings. The molecule has 1 N–H and O–H groups in total. The van der Waals surface area contributed by atoms with Crippen LogP contribution in [0.5, 0.6) is 0 Å². The van der Waals surface area contributed by atoms with Crippen molar-refractivity contribution in [2.75, 3.05) is 24.5 Å². The van der Waals surface area contributed by atoms with Crippen LogP contribution in [0.15, 0.2) is 36.7 Å². The Balaban J connectivity index is 2.07. The molecule has 3 heteroatoms. The second kappa shape index (κ2) is 4.94. The van der Waals surface area contributed by atoms with E-state index >= 15 is 0 Å². The van der Waals surface area contributed by atoms with E-state index in [4.69, 9.17) is 0 Å². The molecule has 1 aromatic carbocycles. The monoisotopic (exact) mass is 241 g/mol. The summed E-state index contributed by atoms with van der Waals surface area (Å²) in [5, 5.41) is 6.01. The maximum Gasteiger partial charge on any atom is 0.0635 e. The van der Waals surface area contributed by atoms with Crippen molar-refractivity contribution >= 4 is 16.5 Å². The van der Waals surface area contributed by atoms with Crippen molar-refractivity contribution in [1.82, 2.24) is 10.3 Å². The molecule has 0 radical (unpaired) electrons. The summed E-state index contributed by atoms with van der Waals surface area (Å²) in [4.78, 5) is 6.90. The quantitative estimate of drug-likeness (QED) is 0.875. The van der Waals surface area contributed by atoms with Gasteiger partial charge in [-0.15, -0.1) is 0 Å². The van der Waals surface area contributed by atoms with Crippen molar-refractivity contribution in [2.45, 2.75) is 19.4 Å². The summed E-state index contributed by atoms with van der Waals surface area (Å²) in [7, 11) is 0. The minimum atomic E-state index is 0.575. The van der Waals surface area contributed by atoms with Crippen LogP contribution in [0.2, 0.25) is 0 Å². The van der Waals surface area contributed by atoms with Gasteiger partial charge in [0.2, 0.25) is 0 Å². The van der Waals surface area contributed by atoms with Gasteiger partial charge in [-0.2, -0.15) is 0 Å². The highest BCUT2D eigenvalue weighted by atomic mass is 15.2. The van der Waals surface area contributed by atoms with Gasteiger partial charge in [0.05, 0.1) is 11.9 Å². The van der Waals surface area contributed by atoms with E-state index in [0.29, 0.717) is 6.04 Å². The topological polar surface area (TPSA) is 28.2 Å². The number of hydrogen-bond acceptors (Lipinski definition) is 3. The van der Waals surface area contributed by atoms with E-state index in [1.807, 2.05) is 12.4 Å². The van der Waals surface area contributed by atoms with Gasteiger partial charge in [0, 0.05) is 42.6 Å². The number of rotatable bonds is 2. The van der Waals surface area contributed by atoms with Crippen molar-refractivity contribution in [2.24, 2.45) is 0 Å². The molecule has 0 aliphatic carbocycles. The molecule has 2 aromatic rings. The summed E-state index contributed by atoms with van der Waals surface area (Å²) in [6.45, 7) is 5.44. The van der Waals surface area contributed by atoms with Crippen LogP contribution in [0.1, 0.15) is 13.3 Å². The molecular formula is C15H19N3. The first kappa shape index (κ1) is 11.5. The Hall–Kier alpha value is -1.61. The zero-order valence-corrected chi connectivity index (χ0v) is 10.8. The predicted molar refractivity (Wildman–Crippen MR) is 76.0 cm³/mol. The van der Waals surface area contributed by atoms with Crippen LogP contribution < -0.4 is 10.2 Å². The van der Waals surface area contributed by atoms with Crippen molar-refractivity contribution in [3.8, 4) is 0 Å². The third-order valence-electron chi connectivity index (χ3n) is 3.78. The maximum atomic E-state index is 4.39. The first-order chi connectivity index (χ1) is 8.90. The number of piperazine rings is 1. The fraction of sp³-hybridized carbons (Fsp3) is 0.400. The zero-order chi connectivity index (χ0) is 12.4. The molecule has 0 saturated carbocycles. The van der Waals surface area contributed by atoms with Crippen LogP contribution in [0.25, 0.3) is 10.8 Å². The molecule has 0 spiro atoms. The number of aromatic nitrogens is 1. The minimum Gasteiger partial charge on any atom is -0.364 e. The largest absolute Gasteiger partial charge is 0.364 e. The molecule has 0 bridgehead atoms. The van der Waals surface area contributed by atoms with E-state index < -0.39 is 0 Å². The van der Waals surface area contributed by atoms with Crippen LogP contribution in [0.3, 0.4) is 0 Å². The Morgan fingerprint density at radius 2 is 2.22 bits per heavy atom. The van der Waals surface area contributed by atoms with E-state index in [0.717, 1.165) is 26.1 Å². The lowest BCUT2D eigenvalue weighted by atomic mass is 10.1. The van der Waals surface area contributed by atoms with Gasteiger partial charge in [-0.1, -0.05) is 31.2 Å². The molecule has 3 nitrogen and oxygen atoms in total. The standard InChI is InChI=1S/C15H19N3/c1-2-13-10-16-7-8-18(13)15-11-17-9-12-5-3-4-6-14(12)15/h3-6,9,11,13,16H,2,7-8,10H2,1H3. The normalized spacial score (nSPS) is 20.3. The summed E-state index contributed by atoms with van der Waals surface area (Å²) in [5.41, 5.74) is 1.28. The molecule has 1 saturated heterocycles. The molecule has 94 valence electrons. The van der Waals surface area contributed by atoms with E-state index in [1.165, 1.54) is 16.5 Å². The minimum absolute atomic E-state index is 0.575. The number of fused-ring (bicyclic) bond motifs is 1. The smallest absolute Gasteiger partial charge is 0.0635 e. The first-order valence-electron chi connectivity index (χ1n) is 6.70. The second-order valence-electron chi connectivity index (χ2n) is 4.84. The van der Waals surface area contributed by atoms with Crippen LogP contribution in [-0.2, 0) is 0 Å². The Bertz CT molecular complexity index is 533. The van der Waals surface area contributed by atoms with Crippen molar-refractivity contribution in [3.05, 3.63) is 36.7 Å². The van der Waals surface area contributed by atoms with Gasteiger partial charge < -0.3 is 10.2 Å². The number of pyridine rings is 1. The predicted octanol–water partition coefficient (Wildman–Crippen LogP) is 2.42. The highest BCUT2D eigenvalue weighted by Crippen LogP contribution is 2.28. The summed E-state index contributed by atoms with van der Waals surface area (Å²) in [5.74, 6) is 0. The third kappa shape index (κ3) is 1.95. The highest BCUT2D eigenvalue weighted by molar-refractivity contribution is 5.93. The van der Waals surface area contributed by atoms with Gasteiger partial charge in [0.25, 0.3) is 0 Å². The lowest BCUT2D eigenvalue weighted by Crippen LogP contribution is -2.51. The van der Waals surface area contributed by atoms with E-state index in [2.05, 4.69) is 46.4 Å². The number of nitrogens with one attached hydrogen (secondary N) is 1. The molecule has 0 amide bonds. The highest BCUT2D eigenvalue weighted by Gasteiger charge is 2.22. The van der Waals surface area contributed by atoms with E-state index in [-0.39, 0.29) is 0 Å². The Morgan fingerprint density at radius 1 is 1.33 bits per heavy atom. The van der Waals surface area contributed by atoms with Gasteiger partial charge in [-0.25, -0.2) is 0 Å². The summed E-state index contributed by atoms with van der Waals surface area (Å²) >= 11 is 0. The van der Waals surface area contributed by atoms with Gasteiger partial charge in [-0.05, 0) is 6.42 Å². The van der Waals surface area contributed by atoms with E-state index in [9.17, 15) is 0 Å². The summed E-state index contributed by atoms with van der Waals surface area (Å²) in [6, 6.07) is 9.08. The molecule has 3 rings (SSSR count). The molecule has 1 fully saturated rings. The summed E-state index contributed by atoms with van der Waals surface area (Å²) < 4.78 is 0. The summed E-state index contributed by atoms with van der Waals surface area (Å²) in [6.07, 6.45) is 5.12. The third-order valence-corrected chi connectivity index (χ3v) is 3.78. The van der Waals surface area contributed by atoms with Gasteiger partial charge in [-0.3, -0.25) is 4.98 Å². The van der Waals surface area contributed by atoms with Crippen LogP contribution in [0.4, 0.5) is 5.69 Å². The van der Waals surface area contributed by atoms with Crippen LogP contribution >= 0.6 is 0 Å². The van der Waals surface area contributed by atoms with E-state index in [1.54, 1.807) is 0 Å². The average Bonchev–Trinajstić information content (AvgIpc) is 2.46. The van der Waals surface area contributed by atoms with Crippen molar-refractivity contribution in [3.63, 3.8) is 0 Å². The Kier molecular flexibility index (Phi) is 3.15. The Morgan fingerprint density at radius 3 is 3.11 bits per heavy atom. The number of nitrogens with zero attached hydrogens (tertiary/aromatic N) is 2. The van der Waals surface area contributed by atoms with Crippen molar-refractivity contribution < 1.29 is 0 Å². The maximum absolute atomic E-state index is 4.39. The molecule has 2 heterocycles. The molecule has 18 heavy (non-hydrogen) atoms. The average molecular weight is 241 g/mol. The van der Waals surface area contributed by atoms with Gasteiger partial charge in [0.15, 0.2) is 0 Å². The number of hydrogen-bond donors (Lipinski definition) is 1. The lowest BCUT2D eigenvalue weighted by molar-refractivity contribution is 0.467.